The lowest BCUT2D eigenvalue weighted by molar-refractivity contribution is -0.241. The number of anilines is 2. The predicted octanol–water partition coefficient (Wildman–Crippen LogP) is -4.68. The van der Waals surface area contributed by atoms with Crippen LogP contribution in [0.2, 0.25) is 0 Å². The van der Waals surface area contributed by atoms with Crippen LogP contribution in [-0.2, 0) is 58.6 Å². The Bertz CT molecular complexity index is 2230. The van der Waals surface area contributed by atoms with E-state index in [1.807, 2.05) is 0 Å². The van der Waals surface area contributed by atoms with E-state index in [-0.39, 0.29) is 34.0 Å². The quantitative estimate of drug-likeness (QED) is 0.0454. The molecule has 2 aliphatic rings. The zero-order chi connectivity index (χ0) is 41.9. The second-order valence-electron chi connectivity index (χ2n) is 11.5. The third kappa shape index (κ3) is 9.85. The molecule has 0 aromatic carbocycles. The number of aliphatic hydroxyl groups is 4. The van der Waals surface area contributed by atoms with Gasteiger partial charge in [0, 0.05) is 0 Å². The molecule has 2 saturated heterocycles. The summed E-state index contributed by atoms with van der Waals surface area (Å²) < 4.78 is 97.8. The molecule has 0 aliphatic carbocycles. The Kier molecular flexibility index (Phi) is 12.3. The van der Waals surface area contributed by atoms with Crippen molar-refractivity contribution in [3.63, 3.8) is 0 Å². The molecule has 4 aromatic heterocycles. The van der Waals surface area contributed by atoms with Crippen molar-refractivity contribution in [2.24, 2.45) is 0 Å². The van der Waals surface area contributed by atoms with Gasteiger partial charge in [-0.25, -0.2) is 38.5 Å². The number of aromatic nitrogens is 8. The Morgan fingerprint density at radius 3 is 1.35 bits per heavy atom. The van der Waals surface area contributed by atoms with Crippen molar-refractivity contribution in [3.05, 3.63) is 25.3 Å². The van der Waals surface area contributed by atoms with E-state index in [1.54, 1.807) is 0 Å². The van der Waals surface area contributed by atoms with Gasteiger partial charge < -0.3 is 82.1 Å². The van der Waals surface area contributed by atoms with Crippen LogP contribution in [0.15, 0.2) is 25.3 Å². The van der Waals surface area contributed by atoms with E-state index >= 15 is 0 Å². The van der Waals surface area contributed by atoms with Crippen LogP contribution in [0.25, 0.3) is 22.3 Å². The van der Waals surface area contributed by atoms with Crippen molar-refractivity contribution in [2.75, 3.05) is 24.7 Å². The summed E-state index contributed by atoms with van der Waals surface area (Å²) in [4.78, 5) is 72.2. The molecule has 37 heteroatoms. The number of ether oxygens (including phenoxy) is 2. The van der Waals surface area contributed by atoms with E-state index in [9.17, 15) is 62.8 Å². The molecule has 0 bridgehead atoms. The van der Waals surface area contributed by atoms with Gasteiger partial charge in [-0.05, 0) is 0 Å². The average molecular weight is 906 g/mol. The lowest BCUT2D eigenvalue weighted by atomic mass is 10.1. The molecule has 0 spiro atoms. The lowest BCUT2D eigenvalue weighted by Gasteiger charge is -2.39. The highest BCUT2D eigenvalue weighted by atomic mass is 31.3. The van der Waals surface area contributed by atoms with Crippen molar-refractivity contribution < 1.29 is 98.6 Å². The molecule has 2 aliphatic heterocycles. The molecule has 12 atom stereocenters. The molecular formula is C20H24BN10O21P5-5. The molecule has 57 heavy (non-hydrogen) atoms. The monoisotopic (exact) mass is 906 g/mol. The third-order valence-electron chi connectivity index (χ3n) is 7.62. The highest BCUT2D eigenvalue weighted by Crippen LogP contribution is 2.70. The van der Waals surface area contributed by atoms with Crippen LogP contribution in [-0.4, -0.2) is 117 Å². The number of imidazole rings is 2. The van der Waals surface area contributed by atoms with Crippen molar-refractivity contribution in [1.82, 2.24) is 39.0 Å². The molecule has 31 nitrogen and oxygen atoms in total. The Hall–Kier alpha value is -2.73. The molecule has 6 rings (SSSR count). The highest BCUT2D eigenvalue weighted by Gasteiger charge is 2.46. The molecule has 0 saturated carbocycles. The second-order valence-corrected chi connectivity index (χ2v) is 19.3. The molecule has 0 amide bonds. The van der Waals surface area contributed by atoms with Crippen molar-refractivity contribution in [3.8, 4) is 0 Å². The van der Waals surface area contributed by atoms with Crippen LogP contribution in [0, 0.1) is 0 Å². The SMILES string of the molecule is [B-]P(=O)(OP(=O)([O-])OP(=O)([O-])OCC1OC(n2cnc3c(N)ncnc32)C(O)C1O)OP(=O)([O-])OP(=O)([O-])OCC1OC(n2cnc3c(N)ncnc32)C(O)C1O. The summed E-state index contributed by atoms with van der Waals surface area (Å²) >= 11 is 0. The number of aliphatic hydroxyl groups excluding tert-OH is 4. The minimum atomic E-state index is -6.57. The van der Waals surface area contributed by atoms with E-state index in [2.05, 4.69) is 56.2 Å². The molecule has 12 unspecified atom stereocenters. The summed E-state index contributed by atoms with van der Waals surface area (Å²) in [5, 5.41) is 41.7. The number of phosphoric ester groups is 2. The summed E-state index contributed by atoms with van der Waals surface area (Å²) in [6, 6.07) is 0. The van der Waals surface area contributed by atoms with Crippen LogP contribution in [0.4, 0.5) is 11.6 Å². The van der Waals surface area contributed by atoms with Gasteiger partial charge in [0.2, 0.25) is 0 Å². The normalized spacial score (nSPS) is 30.8. The number of rotatable bonds is 16. The Morgan fingerprint density at radius 2 is 0.982 bits per heavy atom. The lowest BCUT2D eigenvalue weighted by Crippen LogP contribution is -2.34. The van der Waals surface area contributed by atoms with Gasteiger partial charge in [-0.1, -0.05) is 0 Å². The molecular weight excluding hydrogens is 882 g/mol. The maximum absolute atomic E-state index is 12.4. The molecule has 6 heterocycles. The minimum Gasteiger partial charge on any atom is -0.756 e. The van der Waals surface area contributed by atoms with E-state index in [0.717, 1.165) is 34.4 Å². The summed E-state index contributed by atoms with van der Waals surface area (Å²) in [5.74, 6) is -0.100. The van der Waals surface area contributed by atoms with Gasteiger partial charge in [0.05, 0.1) is 33.3 Å². The average Bonchev–Trinajstić information content (AvgIpc) is 3.83. The van der Waals surface area contributed by atoms with Gasteiger partial charge in [0.25, 0.3) is 31.3 Å². The van der Waals surface area contributed by atoms with E-state index in [4.69, 9.17) is 28.5 Å². The van der Waals surface area contributed by atoms with Gasteiger partial charge in [-0.15, -0.1) is 0 Å². The van der Waals surface area contributed by atoms with E-state index in [0.29, 0.717) is 0 Å². The first-order valence-corrected chi connectivity index (χ1v) is 22.5. The van der Waals surface area contributed by atoms with Gasteiger partial charge in [-0.3, -0.25) is 36.0 Å². The Morgan fingerprint density at radius 1 is 0.614 bits per heavy atom. The van der Waals surface area contributed by atoms with Crippen LogP contribution < -0.4 is 31.0 Å². The smallest absolute Gasteiger partial charge is 0.279 e. The van der Waals surface area contributed by atoms with Crippen LogP contribution in [0.3, 0.4) is 0 Å². The molecule has 3 radical (unpaired) electrons. The maximum atomic E-state index is 12.4. The van der Waals surface area contributed by atoms with Gasteiger partial charge in [0.15, 0.2) is 35.4 Å². The first-order chi connectivity index (χ1) is 26.4. The zero-order valence-corrected chi connectivity index (χ0v) is 32.1. The Labute approximate surface area is 316 Å². The number of nitrogen functional groups attached to an aromatic ring is 2. The number of hydrogen-bond acceptors (Lipinski definition) is 29. The van der Waals surface area contributed by atoms with Gasteiger partial charge in [-0.2, -0.15) is 0 Å². The van der Waals surface area contributed by atoms with Crippen molar-refractivity contribution in [1.29, 1.82) is 0 Å². The minimum absolute atomic E-state index is 0.0337. The van der Waals surface area contributed by atoms with Crippen LogP contribution in [0.5, 0.6) is 0 Å². The fourth-order valence-corrected chi connectivity index (χ4v) is 11.6. The summed E-state index contributed by atoms with van der Waals surface area (Å²) in [7, 11) is -26.7. The number of hydrogen-bond donors (Lipinski definition) is 6. The van der Waals surface area contributed by atoms with Crippen LogP contribution in [0.1, 0.15) is 12.5 Å². The van der Waals surface area contributed by atoms with Gasteiger partial charge in [0.1, 0.15) is 60.3 Å². The topological polar surface area (TPSA) is 472 Å². The number of nitrogens with two attached hydrogens (primary N) is 2. The fourth-order valence-electron chi connectivity index (χ4n) is 5.25. The first kappa shape index (κ1) is 43.8. The molecule has 4 aromatic rings. The maximum Gasteiger partial charge on any atom is 0.279 e. The number of fused-ring (bicyclic) bond motifs is 2. The Balaban J connectivity index is 1.00. The zero-order valence-electron chi connectivity index (χ0n) is 27.6. The molecule has 8 N–H and O–H groups in total. The third-order valence-corrected chi connectivity index (χ3v) is 15.2. The first-order valence-electron chi connectivity index (χ1n) is 15.0. The highest BCUT2D eigenvalue weighted by molar-refractivity contribution is 7.87. The van der Waals surface area contributed by atoms with E-state index in [1.165, 1.54) is 0 Å². The molecule has 2 fully saturated rings. The van der Waals surface area contributed by atoms with Crippen molar-refractivity contribution >= 4 is 80.3 Å². The number of phosphoric acid groups is 4. The summed E-state index contributed by atoms with van der Waals surface area (Å²) in [6.45, 7) is -2.49. The van der Waals surface area contributed by atoms with Crippen LogP contribution >= 0.6 is 38.8 Å². The van der Waals surface area contributed by atoms with Crippen molar-refractivity contribution in [2.45, 2.75) is 49.1 Å². The summed E-state index contributed by atoms with van der Waals surface area (Å²) in [6.07, 6.45) is -9.37. The predicted molar refractivity (Wildman–Crippen MR) is 171 cm³/mol. The molecule has 313 valence electrons. The number of nitrogens with zero attached hydrogens (tertiary/aromatic N) is 8. The summed E-state index contributed by atoms with van der Waals surface area (Å²) in [5.41, 5.74) is 11.6. The second kappa shape index (κ2) is 16.0. The van der Waals surface area contributed by atoms with Gasteiger partial charge >= 0.3 is 0 Å². The fraction of sp³-hybridized carbons (Fsp3) is 0.500. The standard InChI is InChI=1S/C20H28BN10O21P5/c21-53(36,49-56(41,42)51-54(37,38)45-1-7-11(32)13(34)19(47-7)30-5-28-9-15(22)24-3-26-17(9)30)50-57(43,44)52-55(39,40)46-2-8-12(33)14(35)20(48-8)31-6-29-10-16(23)25-4-27-18(10)31/h3-8,11-14,19-20,32-35H,1-2H2,(H,37,38)(H,39,40)(H,41,42)(H,43,44)(H2,22,24,26)(H2,23,25,27)/q-1/p-4. The largest absolute Gasteiger partial charge is 0.756 e. The van der Waals surface area contributed by atoms with E-state index < -0.39 is 101 Å².